The van der Waals surface area contributed by atoms with Gasteiger partial charge in [0.2, 0.25) is 5.79 Å². The lowest BCUT2D eigenvalue weighted by atomic mass is 9.44. The van der Waals surface area contributed by atoms with Crippen molar-refractivity contribution in [1.29, 1.82) is 0 Å². The van der Waals surface area contributed by atoms with E-state index in [9.17, 15) is 9.59 Å². The predicted octanol–water partition coefficient (Wildman–Crippen LogP) is 5.35. The Labute approximate surface area is 238 Å². The maximum Gasteiger partial charge on any atom is 0.302 e. The number of esters is 1. The molecule has 3 aliphatic heterocycles. The van der Waals surface area contributed by atoms with Crippen LogP contribution in [0.2, 0.25) is 0 Å². The van der Waals surface area contributed by atoms with E-state index in [0.717, 1.165) is 38.5 Å². The Balaban J connectivity index is 1.23. The number of allylic oxidation sites excluding steroid dienone is 2. The van der Waals surface area contributed by atoms with Gasteiger partial charge in [-0.3, -0.25) is 9.59 Å². The van der Waals surface area contributed by atoms with E-state index in [1.807, 2.05) is 0 Å². The Morgan fingerprint density at radius 2 is 1.80 bits per heavy atom. The average molecular weight is 555 g/mol. The predicted molar refractivity (Wildman–Crippen MR) is 145 cm³/mol. The SMILES string of the molecule is CO[C@H]1O[C@]2(C[C@@H](C)[C@H]3[C@H](C[C@@]4(C)C5=CCC6C(C)(C)C(=O)CC[C@@]67C[C@@]57C[C@@H](OC(C)=O)[C@]34C)O2)[C@@H]2O[C@]12C. The van der Waals surface area contributed by atoms with Crippen LogP contribution in [0.4, 0.5) is 0 Å². The highest BCUT2D eigenvalue weighted by molar-refractivity contribution is 5.86. The van der Waals surface area contributed by atoms with Crippen LogP contribution in [0.5, 0.6) is 0 Å². The largest absolute Gasteiger partial charge is 0.462 e. The minimum Gasteiger partial charge on any atom is -0.462 e. The molecule has 0 aromatic heterocycles. The van der Waals surface area contributed by atoms with Gasteiger partial charge in [0.15, 0.2) is 6.29 Å². The zero-order valence-corrected chi connectivity index (χ0v) is 25.4. The van der Waals surface area contributed by atoms with Gasteiger partial charge in [0.1, 0.15) is 23.6 Å². The first-order chi connectivity index (χ1) is 18.7. The fourth-order valence-corrected chi connectivity index (χ4v) is 12.6. The fraction of sp³-hybridized carbons (Fsp3) is 0.879. The number of rotatable bonds is 2. The van der Waals surface area contributed by atoms with Crippen LogP contribution >= 0.6 is 0 Å². The Bertz CT molecular complexity index is 1260. The number of hydrogen-bond donors (Lipinski definition) is 0. The van der Waals surface area contributed by atoms with Crippen molar-refractivity contribution < 1.29 is 33.3 Å². The highest BCUT2D eigenvalue weighted by Crippen LogP contribution is 2.88. The van der Waals surface area contributed by atoms with Gasteiger partial charge in [0, 0.05) is 48.5 Å². The van der Waals surface area contributed by atoms with Crippen molar-refractivity contribution in [1.82, 2.24) is 0 Å². The smallest absolute Gasteiger partial charge is 0.302 e. The minimum atomic E-state index is -0.800. The summed E-state index contributed by atoms with van der Waals surface area (Å²) < 4.78 is 31.9. The molecule has 4 saturated carbocycles. The van der Waals surface area contributed by atoms with Gasteiger partial charge in [-0.25, -0.2) is 0 Å². The van der Waals surface area contributed by atoms with Gasteiger partial charge in [-0.1, -0.05) is 46.3 Å². The first-order valence-electron chi connectivity index (χ1n) is 15.6. The van der Waals surface area contributed by atoms with E-state index in [2.05, 4.69) is 47.6 Å². The molecular weight excluding hydrogens is 508 g/mol. The molecule has 3 spiro atoms. The molecule has 7 nitrogen and oxygen atoms in total. The van der Waals surface area contributed by atoms with E-state index in [4.69, 9.17) is 23.7 Å². The van der Waals surface area contributed by atoms with Crippen LogP contribution < -0.4 is 0 Å². The quantitative estimate of drug-likeness (QED) is 0.259. The summed E-state index contributed by atoms with van der Waals surface area (Å²) in [7, 11) is 1.67. The maximum absolute atomic E-state index is 13.1. The van der Waals surface area contributed by atoms with Crippen molar-refractivity contribution in [2.75, 3.05) is 7.11 Å². The minimum absolute atomic E-state index is 0.000135. The molecule has 8 rings (SSSR count). The summed E-state index contributed by atoms with van der Waals surface area (Å²) in [6.45, 7) is 15.1. The van der Waals surface area contributed by atoms with Crippen LogP contribution in [-0.2, 0) is 33.3 Å². The van der Waals surface area contributed by atoms with E-state index in [0.29, 0.717) is 18.1 Å². The molecule has 1 unspecified atom stereocenters. The number of carbonyl (C=O) groups excluding carboxylic acids is 2. The molecule has 0 amide bonds. The number of carbonyl (C=O) groups is 2. The zero-order valence-electron chi connectivity index (χ0n) is 25.4. The van der Waals surface area contributed by atoms with Crippen molar-refractivity contribution >= 4 is 11.8 Å². The molecule has 0 aromatic rings. The van der Waals surface area contributed by atoms with Crippen molar-refractivity contribution in [2.45, 2.75) is 129 Å². The van der Waals surface area contributed by atoms with Gasteiger partial charge in [-0.15, -0.1) is 0 Å². The number of ether oxygens (including phenoxy) is 5. The van der Waals surface area contributed by atoms with Crippen molar-refractivity contribution in [3.8, 4) is 0 Å². The second-order valence-corrected chi connectivity index (χ2v) is 16.1. The molecular formula is C33H46O7. The van der Waals surface area contributed by atoms with Crippen molar-refractivity contribution in [3.05, 3.63) is 11.6 Å². The van der Waals surface area contributed by atoms with E-state index >= 15 is 0 Å². The van der Waals surface area contributed by atoms with Crippen LogP contribution in [0, 0.1) is 44.8 Å². The van der Waals surface area contributed by atoms with Crippen LogP contribution in [0.25, 0.3) is 0 Å². The summed E-state index contributed by atoms with van der Waals surface area (Å²) in [5.41, 5.74) is 0.462. The van der Waals surface area contributed by atoms with E-state index in [1.165, 1.54) is 0 Å². The summed E-state index contributed by atoms with van der Waals surface area (Å²) in [5.74, 6) is 0.263. The van der Waals surface area contributed by atoms with Crippen LogP contribution in [0.3, 0.4) is 0 Å². The normalized spacial score (nSPS) is 60.0. The summed E-state index contributed by atoms with van der Waals surface area (Å²) >= 11 is 0. The number of methoxy groups -OCH3 is 1. The molecule has 0 bridgehead atoms. The Kier molecular flexibility index (Phi) is 4.78. The molecule has 7 fully saturated rings. The summed E-state index contributed by atoms with van der Waals surface area (Å²) in [6, 6.07) is 0. The summed E-state index contributed by atoms with van der Waals surface area (Å²) in [4.78, 5) is 25.8. The fourth-order valence-electron chi connectivity index (χ4n) is 12.6. The van der Waals surface area contributed by atoms with E-state index in [1.54, 1.807) is 19.6 Å². The molecule has 3 saturated heterocycles. The topological polar surface area (TPSA) is 83.6 Å². The van der Waals surface area contributed by atoms with Crippen LogP contribution in [0.1, 0.15) is 93.4 Å². The third-order valence-corrected chi connectivity index (χ3v) is 14.4. The molecule has 0 N–H and O–H groups in total. The standard InChI is InChI=1S/C33H46O7/c1-17-13-33(25-30(7,39-25)26(36-8)40-33)38-19-14-28(5)21-10-9-20-27(3,4)22(35)11-12-31(20)16-32(21,31)15-23(37-18(2)34)29(28,6)24(17)19/h10,17,19-20,23-26H,9,11-16H2,1-8H3/t17-,19+,20?,23-,24+,25-,26+,28+,29-,30+,31-,32+,33-/m1/s1. The summed E-state index contributed by atoms with van der Waals surface area (Å²) in [5, 5.41) is 0. The molecule has 8 aliphatic rings. The monoisotopic (exact) mass is 554 g/mol. The highest BCUT2D eigenvalue weighted by Gasteiger charge is 2.85. The molecule has 220 valence electrons. The second kappa shape index (κ2) is 7.26. The van der Waals surface area contributed by atoms with Gasteiger partial charge < -0.3 is 23.7 Å². The molecule has 5 aliphatic carbocycles. The Hall–Kier alpha value is -1.28. The lowest BCUT2D eigenvalue weighted by Crippen LogP contribution is -2.61. The van der Waals surface area contributed by atoms with Crippen molar-refractivity contribution in [3.63, 3.8) is 0 Å². The Morgan fingerprint density at radius 3 is 2.48 bits per heavy atom. The van der Waals surface area contributed by atoms with E-state index < -0.39 is 17.7 Å². The van der Waals surface area contributed by atoms with E-state index in [-0.39, 0.29) is 63.2 Å². The number of epoxide rings is 1. The number of ketones is 1. The lowest BCUT2D eigenvalue weighted by molar-refractivity contribution is -0.349. The maximum atomic E-state index is 13.1. The number of hydrogen-bond acceptors (Lipinski definition) is 7. The number of fused-ring (bicyclic) bond motifs is 6. The zero-order chi connectivity index (χ0) is 28.5. The first kappa shape index (κ1) is 26.4. The molecule has 40 heavy (non-hydrogen) atoms. The molecule has 3 heterocycles. The van der Waals surface area contributed by atoms with Crippen molar-refractivity contribution in [2.24, 2.45) is 44.8 Å². The highest BCUT2D eigenvalue weighted by atomic mass is 16.8. The first-order valence-corrected chi connectivity index (χ1v) is 15.6. The van der Waals surface area contributed by atoms with Gasteiger partial charge >= 0.3 is 5.97 Å². The third kappa shape index (κ3) is 2.62. The third-order valence-electron chi connectivity index (χ3n) is 14.4. The lowest BCUT2D eigenvalue weighted by Gasteiger charge is -2.61. The second-order valence-electron chi connectivity index (χ2n) is 16.1. The van der Waals surface area contributed by atoms with Crippen LogP contribution in [-0.4, -0.2) is 54.9 Å². The van der Waals surface area contributed by atoms with Gasteiger partial charge in [-0.2, -0.15) is 0 Å². The molecule has 13 atom stereocenters. The van der Waals surface area contributed by atoms with Gasteiger partial charge in [0.05, 0.1) is 6.10 Å². The Morgan fingerprint density at radius 1 is 1.05 bits per heavy atom. The molecule has 7 heteroatoms. The van der Waals surface area contributed by atoms with Gasteiger partial charge in [-0.05, 0) is 62.2 Å². The number of Topliss-reactive ketones (excluding diaryl/α,β-unsaturated/α-hetero) is 1. The van der Waals surface area contributed by atoms with Crippen LogP contribution in [0.15, 0.2) is 11.6 Å². The summed E-state index contributed by atoms with van der Waals surface area (Å²) in [6.07, 6.45) is 7.90. The van der Waals surface area contributed by atoms with Gasteiger partial charge in [0.25, 0.3) is 0 Å². The molecule has 0 aromatic carbocycles. The molecule has 0 radical (unpaired) electrons. The average Bonchev–Trinajstić information content (AvgIpc) is 3.70.